The number of sulfonamides is 1. The molecule has 0 spiro atoms. The molecule has 0 radical (unpaired) electrons. The van der Waals surface area contributed by atoms with E-state index in [2.05, 4.69) is 4.72 Å². The molecule has 2 rings (SSSR count). The Bertz CT molecular complexity index is 704. The van der Waals surface area contributed by atoms with Crippen molar-refractivity contribution in [2.24, 2.45) is 5.73 Å². The number of nitrogens with two attached hydrogens (primary N) is 1. The van der Waals surface area contributed by atoms with Gasteiger partial charge < -0.3 is 10.3 Å². The van der Waals surface area contributed by atoms with Crippen LogP contribution in [-0.4, -0.2) is 33.5 Å². The SMILES string of the molecule is NC1CCCCC1NS(=O)(=O)c1ccc(S(=O)(=O)[O-])cc1.[Na+]. The third kappa shape index (κ3) is 5.00. The zero-order valence-corrected chi connectivity index (χ0v) is 15.9. The van der Waals surface area contributed by atoms with Crippen molar-refractivity contribution in [3.05, 3.63) is 24.3 Å². The fourth-order valence-corrected chi connectivity index (χ4v) is 4.15. The maximum absolute atomic E-state index is 12.2. The van der Waals surface area contributed by atoms with E-state index in [4.69, 9.17) is 5.73 Å². The van der Waals surface area contributed by atoms with Gasteiger partial charge in [-0.15, -0.1) is 0 Å². The summed E-state index contributed by atoms with van der Waals surface area (Å²) in [6.45, 7) is 0. The molecule has 1 aromatic carbocycles. The Labute approximate surface area is 152 Å². The van der Waals surface area contributed by atoms with Crippen LogP contribution >= 0.6 is 0 Å². The average Bonchev–Trinajstić information content (AvgIpc) is 2.40. The van der Waals surface area contributed by atoms with Gasteiger partial charge in [0.15, 0.2) is 0 Å². The predicted octanol–water partition coefficient (Wildman–Crippen LogP) is -2.86. The normalized spacial score (nSPS) is 22.8. The molecular formula is C12H17N2NaO5S2. The van der Waals surface area contributed by atoms with Crippen LogP contribution in [0.15, 0.2) is 34.1 Å². The predicted molar refractivity (Wildman–Crippen MR) is 75.0 cm³/mol. The maximum Gasteiger partial charge on any atom is 1.00 e. The van der Waals surface area contributed by atoms with Crippen LogP contribution in [0.3, 0.4) is 0 Å². The molecule has 1 aliphatic carbocycles. The zero-order valence-electron chi connectivity index (χ0n) is 12.2. The topological polar surface area (TPSA) is 129 Å². The summed E-state index contributed by atoms with van der Waals surface area (Å²) in [5.74, 6) is 0. The molecule has 1 fully saturated rings. The summed E-state index contributed by atoms with van der Waals surface area (Å²) in [7, 11) is -8.37. The Kier molecular flexibility index (Phi) is 7.03. The first-order valence-corrected chi connectivity index (χ1v) is 9.43. The Morgan fingerprint density at radius 2 is 1.50 bits per heavy atom. The van der Waals surface area contributed by atoms with Gasteiger partial charge in [0.05, 0.1) is 9.79 Å². The van der Waals surface area contributed by atoms with Crippen LogP contribution in [0.1, 0.15) is 25.7 Å². The van der Waals surface area contributed by atoms with Crippen LogP contribution < -0.4 is 40.0 Å². The molecule has 118 valence electrons. The van der Waals surface area contributed by atoms with Crippen LogP contribution in [0.2, 0.25) is 0 Å². The van der Waals surface area contributed by atoms with Crippen LogP contribution in [0.5, 0.6) is 0 Å². The van der Waals surface area contributed by atoms with Crippen molar-refractivity contribution in [1.29, 1.82) is 0 Å². The molecule has 0 aliphatic heterocycles. The Balaban J connectivity index is 0.00000242. The van der Waals surface area contributed by atoms with Crippen LogP contribution in [-0.2, 0) is 20.1 Å². The van der Waals surface area contributed by atoms with Crippen molar-refractivity contribution in [1.82, 2.24) is 4.72 Å². The van der Waals surface area contributed by atoms with Gasteiger partial charge >= 0.3 is 29.6 Å². The zero-order chi connectivity index (χ0) is 15.7. The molecule has 0 bridgehead atoms. The molecule has 22 heavy (non-hydrogen) atoms. The summed E-state index contributed by atoms with van der Waals surface area (Å²) in [6, 6.07) is 3.61. The van der Waals surface area contributed by atoms with E-state index in [-0.39, 0.29) is 46.5 Å². The second-order valence-electron chi connectivity index (χ2n) is 5.10. The molecule has 0 aromatic heterocycles. The van der Waals surface area contributed by atoms with Crippen LogP contribution in [0.25, 0.3) is 0 Å². The third-order valence-corrected chi connectivity index (χ3v) is 5.90. The number of rotatable bonds is 4. The molecule has 7 nitrogen and oxygen atoms in total. The average molecular weight is 356 g/mol. The number of hydrogen-bond donors (Lipinski definition) is 2. The van der Waals surface area contributed by atoms with E-state index in [1.165, 1.54) is 0 Å². The molecule has 1 aromatic rings. The van der Waals surface area contributed by atoms with Gasteiger partial charge in [-0.25, -0.2) is 21.6 Å². The molecule has 2 atom stereocenters. The molecule has 10 heteroatoms. The van der Waals surface area contributed by atoms with E-state index in [9.17, 15) is 21.4 Å². The molecule has 0 heterocycles. The van der Waals surface area contributed by atoms with E-state index in [1.54, 1.807) is 0 Å². The van der Waals surface area contributed by atoms with Gasteiger partial charge in [-0.3, -0.25) is 0 Å². The van der Waals surface area contributed by atoms with Crippen molar-refractivity contribution in [3.63, 3.8) is 0 Å². The standard InChI is InChI=1S/C12H18N2O5S2.Na/c13-11-3-1-2-4-12(11)14-20(15,16)9-5-7-10(8-6-9)21(17,18)19;/h5-8,11-12,14H,1-4,13H2,(H,17,18,19);/q;+1/p-1. The van der Waals surface area contributed by atoms with Gasteiger partial charge in [0.25, 0.3) is 0 Å². The second kappa shape index (κ2) is 7.71. The van der Waals surface area contributed by atoms with E-state index >= 15 is 0 Å². The fraction of sp³-hybridized carbons (Fsp3) is 0.500. The van der Waals surface area contributed by atoms with Crippen LogP contribution in [0.4, 0.5) is 0 Å². The summed E-state index contributed by atoms with van der Waals surface area (Å²) in [6.07, 6.45) is 3.33. The molecular weight excluding hydrogens is 339 g/mol. The van der Waals surface area contributed by atoms with Gasteiger partial charge in [-0.2, -0.15) is 0 Å². The third-order valence-electron chi connectivity index (χ3n) is 3.55. The van der Waals surface area contributed by atoms with Gasteiger partial charge in [-0.05, 0) is 37.1 Å². The first kappa shape index (κ1) is 20.0. The van der Waals surface area contributed by atoms with Crippen molar-refractivity contribution in [3.8, 4) is 0 Å². The Morgan fingerprint density at radius 3 is 2.00 bits per heavy atom. The van der Waals surface area contributed by atoms with Gasteiger partial charge in [0.1, 0.15) is 10.1 Å². The summed E-state index contributed by atoms with van der Waals surface area (Å²) in [5, 5.41) is 0. The minimum atomic E-state index is -4.59. The van der Waals surface area contributed by atoms with E-state index < -0.39 is 25.0 Å². The first-order chi connectivity index (χ1) is 9.70. The first-order valence-electron chi connectivity index (χ1n) is 6.54. The second-order valence-corrected chi connectivity index (χ2v) is 8.20. The Morgan fingerprint density at radius 1 is 1.00 bits per heavy atom. The summed E-state index contributed by atoms with van der Waals surface area (Å²) >= 11 is 0. The maximum atomic E-state index is 12.2. The fourth-order valence-electron chi connectivity index (χ4n) is 2.36. The van der Waals surface area contributed by atoms with Crippen molar-refractivity contribution >= 4 is 20.1 Å². The molecule has 1 aliphatic rings. The molecule has 0 amide bonds. The Hall–Kier alpha value is 0. The number of benzene rings is 1. The minimum Gasteiger partial charge on any atom is -0.744 e. The number of nitrogens with one attached hydrogen (secondary N) is 1. The van der Waals surface area contributed by atoms with Crippen molar-refractivity contribution in [2.75, 3.05) is 0 Å². The largest absolute Gasteiger partial charge is 1.00 e. The van der Waals surface area contributed by atoms with Crippen molar-refractivity contribution < 1.29 is 50.9 Å². The molecule has 0 saturated heterocycles. The quantitative estimate of drug-likeness (QED) is 0.441. The van der Waals surface area contributed by atoms with E-state index in [1.807, 2.05) is 0 Å². The van der Waals surface area contributed by atoms with Gasteiger partial charge in [-0.1, -0.05) is 12.8 Å². The van der Waals surface area contributed by atoms with Crippen molar-refractivity contribution in [2.45, 2.75) is 47.6 Å². The van der Waals surface area contributed by atoms with Gasteiger partial charge in [0.2, 0.25) is 10.0 Å². The van der Waals surface area contributed by atoms with Gasteiger partial charge in [0, 0.05) is 12.1 Å². The van der Waals surface area contributed by atoms with Crippen LogP contribution in [0, 0.1) is 0 Å². The van der Waals surface area contributed by atoms with E-state index in [0.29, 0.717) is 6.42 Å². The summed E-state index contributed by atoms with van der Waals surface area (Å²) < 4.78 is 59.4. The number of hydrogen-bond acceptors (Lipinski definition) is 6. The van der Waals surface area contributed by atoms with E-state index in [0.717, 1.165) is 43.5 Å². The summed E-state index contributed by atoms with van der Waals surface area (Å²) in [4.78, 5) is -0.552. The minimum absolute atomic E-state index is 0. The molecule has 3 N–H and O–H groups in total. The smallest absolute Gasteiger partial charge is 0.744 e. The molecule has 2 unspecified atom stereocenters. The summed E-state index contributed by atoms with van der Waals surface area (Å²) in [5.41, 5.74) is 5.90. The monoisotopic (exact) mass is 356 g/mol. The molecule has 1 saturated carbocycles.